The number of nitrogens with one attached hydrogen (secondary N) is 1. The zero-order valence-electron chi connectivity index (χ0n) is 18.7. The van der Waals surface area contributed by atoms with Gasteiger partial charge in [-0.25, -0.2) is 17.5 Å². The number of benzene rings is 2. The molecular formula is C23H28FN3O5S. The van der Waals surface area contributed by atoms with Crippen molar-refractivity contribution in [3.63, 3.8) is 0 Å². The fraction of sp³-hybridized carbons (Fsp3) is 0.435. The van der Waals surface area contributed by atoms with E-state index < -0.39 is 15.8 Å². The summed E-state index contributed by atoms with van der Waals surface area (Å²) in [5.41, 5.74) is 1.14. The van der Waals surface area contributed by atoms with Crippen LogP contribution in [0.15, 0.2) is 41.3 Å². The first-order valence-electron chi connectivity index (χ1n) is 10.8. The molecule has 1 N–H and O–H groups in total. The van der Waals surface area contributed by atoms with Gasteiger partial charge in [0, 0.05) is 44.3 Å². The number of sulfonamides is 1. The molecule has 1 aliphatic carbocycles. The molecule has 1 amide bonds. The number of hydrogen-bond donors (Lipinski definition) is 1. The third-order valence-corrected chi connectivity index (χ3v) is 7.42. The van der Waals surface area contributed by atoms with Crippen molar-refractivity contribution in [2.45, 2.75) is 30.3 Å². The molecule has 0 radical (unpaired) electrons. The Morgan fingerprint density at radius 3 is 2.30 bits per heavy atom. The lowest BCUT2D eigenvalue weighted by Crippen LogP contribution is -2.48. The normalized spacial score (nSPS) is 17.1. The number of halogens is 1. The van der Waals surface area contributed by atoms with E-state index in [4.69, 9.17) is 9.47 Å². The van der Waals surface area contributed by atoms with Gasteiger partial charge >= 0.3 is 0 Å². The van der Waals surface area contributed by atoms with Crippen LogP contribution >= 0.6 is 0 Å². The zero-order valence-corrected chi connectivity index (χ0v) is 19.5. The molecule has 2 aromatic carbocycles. The van der Waals surface area contributed by atoms with Crippen LogP contribution in [0.2, 0.25) is 0 Å². The van der Waals surface area contributed by atoms with Crippen LogP contribution in [0.1, 0.15) is 28.8 Å². The molecule has 1 saturated carbocycles. The van der Waals surface area contributed by atoms with Crippen molar-refractivity contribution in [2.75, 3.05) is 40.4 Å². The van der Waals surface area contributed by atoms with Crippen molar-refractivity contribution < 1.29 is 27.1 Å². The molecule has 178 valence electrons. The summed E-state index contributed by atoms with van der Waals surface area (Å²) in [6.45, 7) is 2.81. The minimum absolute atomic E-state index is 0.0251. The summed E-state index contributed by atoms with van der Waals surface area (Å²) in [7, 11) is -0.939. The molecule has 0 bridgehead atoms. The maximum atomic E-state index is 14.0. The van der Waals surface area contributed by atoms with Crippen molar-refractivity contribution in [1.29, 1.82) is 0 Å². The number of methoxy groups -OCH3 is 2. The number of hydrogen-bond acceptors (Lipinski definition) is 6. The average molecular weight is 478 g/mol. The van der Waals surface area contributed by atoms with Gasteiger partial charge in [-0.3, -0.25) is 9.69 Å². The van der Waals surface area contributed by atoms with Crippen molar-refractivity contribution in [3.8, 4) is 11.5 Å². The highest BCUT2D eigenvalue weighted by atomic mass is 32.2. The highest BCUT2D eigenvalue weighted by molar-refractivity contribution is 7.89. The molecule has 2 aromatic rings. The molecule has 1 saturated heterocycles. The second kappa shape index (κ2) is 9.66. The van der Waals surface area contributed by atoms with E-state index >= 15 is 0 Å². The van der Waals surface area contributed by atoms with Crippen LogP contribution in [0.25, 0.3) is 0 Å². The average Bonchev–Trinajstić information content (AvgIpc) is 3.62. The smallest absolute Gasteiger partial charge is 0.253 e. The van der Waals surface area contributed by atoms with Crippen LogP contribution in [0.4, 0.5) is 4.39 Å². The molecule has 0 spiro atoms. The number of rotatable bonds is 8. The molecule has 2 fully saturated rings. The predicted molar refractivity (Wildman–Crippen MR) is 120 cm³/mol. The van der Waals surface area contributed by atoms with E-state index in [1.807, 2.05) is 6.07 Å². The second-order valence-electron chi connectivity index (χ2n) is 8.30. The molecule has 8 nitrogen and oxygen atoms in total. The molecule has 10 heteroatoms. The molecule has 0 aromatic heterocycles. The Hall–Kier alpha value is -2.69. The number of ether oxygens (including phenoxy) is 2. The van der Waals surface area contributed by atoms with Gasteiger partial charge in [-0.1, -0.05) is 6.07 Å². The van der Waals surface area contributed by atoms with Crippen LogP contribution < -0.4 is 14.2 Å². The van der Waals surface area contributed by atoms with E-state index in [-0.39, 0.29) is 28.3 Å². The number of amides is 1. The number of piperazine rings is 1. The van der Waals surface area contributed by atoms with Gasteiger partial charge in [0.2, 0.25) is 10.0 Å². The first kappa shape index (κ1) is 23.5. The number of nitrogens with zero attached hydrogens (tertiary/aromatic N) is 2. The monoisotopic (exact) mass is 477 g/mol. The molecule has 1 heterocycles. The molecule has 4 rings (SSSR count). The van der Waals surface area contributed by atoms with E-state index in [2.05, 4.69) is 9.62 Å². The van der Waals surface area contributed by atoms with Gasteiger partial charge in [-0.2, -0.15) is 0 Å². The van der Waals surface area contributed by atoms with E-state index in [1.165, 1.54) is 32.4 Å². The lowest BCUT2D eigenvalue weighted by Gasteiger charge is -2.35. The van der Waals surface area contributed by atoms with Gasteiger partial charge in [0.1, 0.15) is 10.6 Å². The Morgan fingerprint density at radius 1 is 1.03 bits per heavy atom. The summed E-state index contributed by atoms with van der Waals surface area (Å²) in [5.74, 6) is -0.209. The van der Waals surface area contributed by atoms with Gasteiger partial charge in [0.25, 0.3) is 5.91 Å². The topological polar surface area (TPSA) is 88.2 Å². The highest BCUT2D eigenvalue weighted by Crippen LogP contribution is 2.29. The van der Waals surface area contributed by atoms with E-state index in [0.29, 0.717) is 38.3 Å². The van der Waals surface area contributed by atoms with Gasteiger partial charge in [0.15, 0.2) is 11.6 Å². The van der Waals surface area contributed by atoms with Gasteiger partial charge < -0.3 is 14.4 Å². The predicted octanol–water partition coefficient (Wildman–Crippen LogP) is 2.24. The van der Waals surface area contributed by atoms with Gasteiger partial charge in [-0.05, 0) is 48.7 Å². The molecule has 1 aliphatic heterocycles. The maximum absolute atomic E-state index is 14.0. The molecule has 0 unspecified atom stereocenters. The Bertz CT molecular complexity index is 1130. The summed E-state index contributed by atoms with van der Waals surface area (Å²) in [6, 6.07) is 9.34. The van der Waals surface area contributed by atoms with Gasteiger partial charge in [0.05, 0.1) is 14.2 Å². The van der Waals surface area contributed by atoms with Crippen LogP contribution in [-0.2, 0) is 16.6 Å². The largest absolute Gasteiger partial charge is 0.495 e. The van der Waals surface area contributed by atoms with Gasteiger partial charge in [-0.15, -0.1) is 0 Å². The Morgan fingerprint density at radius 2 is 1.70 bits per heavy atom. The quantitative estimate of drug-likeness (QED) is 0.628. The summed E-state index contributed by atoms with van der Waals surface area (Å²) in [6.07, 6.45) is 1.63. The van der Waals surface area contributed by atoms with E-state index in [1.54, 1.807) is 17.0 Å². The standard InChI is InChI=1S/C23H28FN3O5S/c1-31-20-7-3-16(13-19(20)24)15-26-9-11-27(12-10-26)23(28)17-4-8-21(32-2)22(14-17)33(29,30)25-18-5-6-18/h3-4,7-8,13-14,18,25H,5-6,9-12,15H2,1-2H3. The first-order valence-corrected chi connectivity index (χ1v) is 12.3. The van der Waals surface area contributed by atoms with Crippen molar-refractivity contribution in [1.82, 2.24) is 14.5 Å². The van der Waals surface area contributed by atoms with Crippen LogP contribution in [-0.4, -0.2) is 70.6 Å². The Labute approximate surface area is 193 Å². The second-order valence-corrected chi connectivity index (χ2v) is 9.98. The van der Waals surface area contributed by atoms with Crippen molar-refractivity contribution >= 4 is 15.9 Å². The summed E-state index contributed by atoms with van der Waals surface area (Å²) in [5, 5.41) is 0. The van der Waals surface area contributed by atoms with Crippen LogP contribution in [0.3, 0.4) is 0 Å². The van der Waals surface area contributed by atoms with Crippen LogP contribution in [0.5, 0.6) is 11.5 Å². The highest BCUT2D eigenvalue weighted by Gasteiger charge is 2.31. The number of carbonyl (C=O) groups excluding carboxylic acids is 1. The molecule has 2 aliphatic rings. The summed E-state index contributed by atoms with van der Waals surface area (Å²) in [4.78, 5) is 16.9. The molecule has 33 heavy (non-hydrogen) atoms. The summed E-state index contributed by atoms with van der Waals surface area (Å²) >= 11 is 0. The summed E-state index contributed by atoms with van der Waals surface area (Å²) < 4.78 is 52.2. The lowest BCUT2D eigenvalue weighted by molar-refractivity contribution is 0.0628. The third kappa shape index (κ3) is 5.45. The fourth-order valence-electron chi connectivity index (χ4n) is 3.86. The van der Waals surface area contributed by atoms with E-state index in [9.17, 15) is 17.6 Å². The fourth-order valence-corrected chi connectivity index (χ4v) is 5.36. The first-order chi connectivity index (χ1) is 15.8. The van der Waals surface area contributed by atoms with Crippen molar-refractivity contribution in [2.24, 2.45) is 0 Å². The Balaban J connectivity index is 1.41. The molecule has 0 atom stereocenters. The maximum Gasteiger partial charge on any atom is 0.253 e. The van der Waals surface area contributed by atoms with Crippen molar-refractivity contribution in [3.05, 3.63) is 53.3 Å². The number of carbonyl (C=O) groups is 1. The van der Waals surface area contributed by atoms with Crippen LogP contribution in [0, 0.1) is 5.82 Å². The minimum Gasteiger partial charge on any atom is -0.495 e. The minimum atomic E-state index is -3.77. The Kier molecular flexibility index (Phi) is 6.87. The molecular weight excluding hydrogens is 449 g/mol. The zero-order chi connectivity index (χ0) is 23.6. The van der Waals surface area contributed by atoms with E-state index in [0.717, 1.165) is 18.4 Å². The third-order valence-electron chi connectivity index (χ3n) is 5.88. The SMILES string of the molecule is COc1ccc(CN2CCN(C(=O)c3ccc(OC)c(S(=O)(=O)NC4CC4)c3)CC2)cc1F. The lowest BCUT2D eigenvalue weighted by atomic mass is 10.1.